The van der Waals surface area contributed by atoms with Crippen LogP contribution in [0.3, 0.4) is 0 Å². The number of amides is 1. The van der Waals surface area contributed by atoms with E-state index in [1.54, 1.807) is 6.07 Å². The lowest BCUT2D eigenvalue weighted by atomic mass is 10.2. The number of fused-ring (bicyclic) bond motifs is 1. The summed E-state index contributed by atoms with van der Waals surface area (Å²) >= 11 is 1.37. The highest BCUT2D eigenvalue weighted by molar-refractivity contribution is 7.14. The van der Waals surface area contributed by atoms with Crippen LogP contribution in [0.1, 0.15) is 35.8 Å². The number of pyridine rings is 1. The Bertz CT molecular complexity index is 1180. The van der Waals surface area contributed by atoms with Gasteiger partial charge in [-0.15, -0.1) is 21.5 Å². The van der Waals surface area contributed by atoms with Crippen LogP contribution in [-0.4, -0.2) is 40.9 Å². The molecule has 27 heavy (non-hydrogen) atoms. The number of rotatable bonds is 4. The lowest BCUT2D eigenvalue weighted by molar-refractivity contribution is 0.102. The van der Waals surface area contributed by atoms with Gasteiger partial charge in [0.15, 0.2) is 5.13 Å². The second kappa shape index (κ2) is 6.68. The van der Waals surface area contributed by atoms with Crippen LogP contribution >= 0.6 is 11.3 Å². The number of thiazole rings is 1. The predicted octanol–water partition coefficient (Wildman–Crippen LogP) is 1.71. The molecule has 0 saturated carbocycles. The Kier molecular flexibility index (Phi) is 4.20. The second-order valence-corrected chi connectivity index (χ2v) is 6.90. The summed E-state index contributed by atoms with van der Waals surface area (Å²) < 4.78 is 1.32. The first-order valence-corrected chi connectivity index (χ1v) is 8.93. The highest BCUT2D eigenvalue weighted by Gasteiger charge is 2.14. The molecule has 4 heterocycles. The maximum atomic E-state index is 12.6. The van der Waals surface area contributed by atoms with Crippen molar-refractivity contribution in [1.82, 2.24) is 35.0 Å². The Morgan fingerprint density at radius 1 is 1.37 bits per heavy atom. The van der Waals surface area contributed by atoms with Crippen molar-refractivity contribution in [2.45, 2.75) is 19.8 Å². The molecule has 136 valence electrons. The Balaban J connectivity index is 1.64. The number of hydrogen-bond donors (Lipinski definition) is 2. The number of hydrogen-bond acceptors (Lipinski definition) is 8. The first-order valence-electron chi connectivity index (χ1n) is 8.05. The van der Waals surface area contributed by atoms with Gasteiger partial charge in [0.05, 0.1) is 5.69 Å². The van der Waals surface area contributed by atoms with Crippen LogP contribution in [0.5, 0.6) is 0 Å². The predicted molar refractivity (Wildman–Crippen MR) is 98.8 cm³/mol. The van der Waals surface area contributed by atoms with Crippen LogP contribution < -0.4 is 10.9 Å². The number of tetrazole rings is 1. The number of aromatic nitrogens is 7. The molecule has 4 rings (SSSR count). The molecular weight excluding hydrogens is 368 g/mol. The Hall–Kier alpha value is -3.47. The second-order valence-electron chi connectivity index (χ2n) is 6.04. The number of aromatic amines is 1. The Labute approximate surface area is 156 Å². The average molecular weight is 382 g/mol. The van der Waals surface area contributed by atoms with Gasteiger partial charge >= 0.3 is 0 Å². The Morgan fingerprint density at radius 2 is 2.22 bits per heavy atom. The fourth-order valence-corrected chi connectivity index (χ4v) is 3.29. The largest absolute Gasteiger partial charge is 0.298 e. The zero-order valence-corrected chi connectivity index (χ0v) is 15.2. The molecular formula is C16H14N8O2S. The molecule has 0 fully saturated rings. The lowest BCUT2D eigenvalue weighted by Crippen LogP contribution is -2.19. The van der Waals surface area contributed by atoms with Gasteiger partial charge in [-0.2, -0.15) is 5.21 Å². The van der Waals surface area contributed by atoms with Crippen molar-refractivity contribution in [2.24, 2.45) is 0 Å². The van der Waals surface area contributed by atoms with Gasteiger partial charge < -0.3 is 0 Å². The number of carbonyl (C=O) groups is 1. The highest BCUT2D eigenvalue weighted by Crippen LogP contribution is 2.22. The summed E-state index contributed by atoms with van der Waals surface area (Å²) in [5.41, 5.74) is 1.49. The summed E-state index contributed by atoms with van der Waals surface area (Å²) in [7, 11) is 0. The summed E-state index contributed by atoms with van der Waals surface area (Å²) in [6.07, 6.45) is 2.85. The van der Waals surface area contributed by atoms with Gasteiger partial charge in [0, 0.05) is 23.3 Å². The fraction of sp³-hybridized carbons (Fsp3) is 0.188. The molecule has 11 heteroatoms. The van der Waals surface area contributed by atoms with E-state index in [-0.39, 0.29) is 28.8 Å². The standard InChI is InChI=1S/C16H14N8O2S/c1-8(2)11-7-27-16(18-11)19-14(25)9-3-4-24-12(5-9)17-6-10(15(24)26)13-20-22-23-21-13/h3-8H,1-2H3,(H,18,19,25)(H,20,21,22,23). The van der Waals surface area contributed by atoms with Crippen molar-refractivity contribution in [3.63, 3.8) is 0 Å². The van der Waals surface area contributed by atoms with Crippen molar-refractivity contribution in [3.8, 4) is 11.4 Å². The molecule has 0 aliphatic carbocycles. The molecule has 0 aliphatic rings. The van der Waals surface area contributed by atoms with Crippen molar-refractivity contribution < 1.29 is 4.79 Å². The van der Waals surface area contributed by atoms with E-state index in [4.69, 9.17) is 0 Å². The quantitative estimate of drug-likeness (QED) is 0.549. The van der Waals surface area contributed by atoms with Crippen LogP contribution in [0.15, 0.2) is 34.7 Å². The van der Waals surface area contributed by atoms with Gasteiger partial charge in [-0.1, -0.05) is 13.8 Å². The van der Waals surface area contributed by atoms with Gasteiger partial charge in [0.25, 0.3) is 11.5 Å². The minimum Gasteiger partial charge on any atom is -0.298 e. The molecule has 2 N–H and O–H groups in total. The molecule has 0 bridgehead atoms. The minimum atomic E-state index is -0.352. The lowest BCUT2D eigenvalue weighted by Gasteiger charge is -2.05. The van der Waals surface area contributed by atoms with Gasteiger partial charge in [-0.3, -0.25) is 19.3 Å². The van der Waals surface area contributed by atoms with Crippen molar-refractivity contribution in [2.75, 3.05) is 5.32 Å². The molecule has 0 radical (unpaired) electrons. The molecule has 4 aromatic heterocycles. The number of carbonyl (C=O) groups excluding carboxylic acids is 1. The SMILES string of the molecule is CC(C)c1csc(NC(=O)c2ccn3c(=O)c(-c4nn[nH]n4)cnc3c2)n1. The number of nitrogens with one attached hydrogen (secondary N) is 2. The van der Waals surface area contributed by atoms with E-state index in [2.05, 4.69) is 35.9 Å². The summed E-state index contributed by atoms with van der Waals surface area (Å²) in [4.78, 5) is 33.6. The third-order valence-corrected chi connectivity index (χ3v) is 4.67. The average Bonchev–Trinajstić information content (AvgIpc) is 3.33. The summed E-state index contributed by atoms with van der Waals surface area (Å²) in [6, 6.07) is 3.08. The van der Waals surface area contributed by atoms with Crippen LogP contribution in [0.2, 0.25) is 0 Å². The third-order valence-electron chi connectivity index (χ3n) is 3.89. The van der Waals surface area contributed by atoms with Gasteiger partial charge in [0.2, 0.25) is 5.82 Å². The van der Waals surface area contributed by atoms with Crippen molar-refractivity contribution >= 4 is 28.0 Å². The van der Waals surface area contributed by atoms with Crippen LogP contribution in [0, 0.1) is 0 Å². The van der Waals surface area contributed by atoms with Crippen LogP contribution in [-0.2, 0) is 0 Å². The monoisotopic (exact) mass is 382 g/mol. The molecule has 0 unspecified atom stereocenters. The topological polar surface area (TPSA) is 131 Å². The zero-order valence-electron chi connectivity index (χ0n) is 14.4. The van der Waals surface area contributed by atoms with E-state index in [0.717, 1.165) is 5.69 Å². The number of H-pyrrole nitrogens is 1. The fourth-order valence-electron chi connectivity index (χ4n) is 2.42. The molecule has 10 nitrogen and oxygen atoms in total. The van der Waals surface area contributed by atoms with Gasteiger partial charge in [-0.25, -0.2) is 9.97 Å². The molecule has 0 spiro atoms. The maximum absolute atomic E-state index is 12.6. The normalized spacial score (nSPS) is 11.2. The molecule has 4 aromatic rings. The van der Waals surface area contributed by atoms with Crippen molar-refractivity contribution in [1.29, 1.82) is 0 Å². The summed E-state index contributed by atoms with van der Waals surface area (Å²) in [5, 5.41) is 18.5. The molecule has 0 aliphatic heterocycles. The Morgan fingerprint density at radius 3 is 2.93 bits per heavy atom. The molecule has 0 atom stereocenters. The molecule has 0 saturated heterocycles. The van der Waals surface area contributed by atoms with Crippen molar-refractivity contribution in [3.05, 3.63) is 51.5 Å². The van der Waals surface area contributed by atoms with E-state index >= 15 is 0 Å². The maximum Gasteiger partial charge on any atom is 0.269 e. The number of anilines is 1. The summed E-state index contributed by atoms with van der Waals surface area (Å²) in [6.45, 7) is 4.08. The zero-order chi connectivity index (χ0) is 19.0. The summed E-state index contributed by atoms with van der Waals surface area (Å²) in [5.74, 6) is 0.129. The smallest absolute Gasteiger partial charge is 0.269 e. The molecule has 0 aromatic carbocycles. The highest BCUT2D eigenvalue weighted by atomic mass is 32.1. The third kappa shape index (κ3) is 3.19. The minimum absolute atomic E-state index is 0.161. The first kappa shape index (κ1) is 17.0. The molecule has 1 amide bonds. The van der Waals surface area contributed by atoms with Crippen LogP contribution in [0.25, 0.3) is 17.0 Å². The number of nitrogens with zero attached hydrogens (tertiary/aromatic N) is 6. The van der Waals surface area contributed by atoms with Gasteiger partial charge in [-0.05, 0) is 23.3 Å². The van der Waals surface area contributed by atoms with Gasteiger partial charge in [0.1, 0.15) is 11.2 Å². The van der Waals surface area contributed by atoms with E-state index in [1.807, 2.05) is 19.2 Å². The van der Waals surface area contributed by atoms with E-state index in [9.17, 15) is 9.59 Å². The van der Waals surface area contributed by atoms with E-state index in [0.29, 0.717) is 16.3 Å². The van der Waals surface area contributed by atoms with Crippen LogP contribution in [0.4, 0.5) is 5.13 Å². The van der Waals surface area contributed by atoms with E-state index < -0.39 is 0 Å². The van der Waals surface area contributed by atoms with E-state index in [1.165, 1.54) is 34.2 Å². The first-order chi connectivity index (χ1) is 13.0.